The summed E-state index contributed by atoms with van der Waals surface area (Å²) in [6.45, 7) is 10.0. The molecule has 0 aliphatic carbocycles. The molecule has 0 rings (SSSR count). The van der Waals surface area contributed by atoms with Crippen LogP contribution in [0.25, 0.3) is 0 Å². The standard InChI is InChI=1S/C18H35NO2S.C4H9NOS.C2H6/c1-4-5-6-7-8-9-10-11-12-17(15(2)20)13-19-18(14-22)16(3)21;1-5-4(2-6)3-7;1-2/h17-19,22H,4-14H2,1-3H3;2,4-5,7H,3H2,1H3;1-2H3/t17?,18-;4-;/m01./s1. The number of aldehydes is 1. The lowest BCUT2D eigenvalue weighted by atomic mass is 9.96. The first-order valence-corrected chi connectivity index (χ1v) is 13.2. The summed E-state index contributed by atoms with van der Waals surface area (Å²) in [5.41, 5.74) is 0. The molecule has 3 atom stereocenters. The molecule has 0 aliphatic heterocycles. The summed E-state index contributed by atoms with van der Waals surface area (Å²) >= 11 is 8.06. The van der Waals surface area contributed by atoms with Crippen LogP contribution in [0.15, 0.2) is 0 Å². The van der Waals surface area contributed by atoms with E-state index in [1.807, 2.05) is 13.8 Å². The number of hydrogen-bond donors (Lipinski definition) is 4. The molecule has 1 unspecified atom stereocenters. The van der Waals surface area contributed by atoms with Crippen LogP contribution in [-0.4, -0.2) is 55.0 Å². The van der Waals surface area contributed by atoms with Gasteiger partial charge in [0.05, 0.1) is 12.1 Å². The molecule has 0 saturated carbocycles. The van der Waals surface area contributed by atoms with Crippen LogP contribution < -0.4 is 10.6 Å². The summed E-state index contributed by atoms with van der Waals surface area (Å²) in [4.78, 5) is 32.9. The SMILES string of the molecule is CC.CCCCCCCCCCC(CN[C@@H](CS)C(C)=O)C(C)=O.CN[C@H](C=O)CS. The average Bonchev–Trinajstić information content (AvgIpc) is 2.77. The highest BCUT2D eigenvalue weighted by molar-refractivity contribution is 7.80. The number of carbonyl (C=O) groups excluding carboxylic acids is 3. The van der Waals surface area contributed by atoms with Crippen molar-refractivity contribution in [3.05, 3.63) is 0 Å². The predicted octanol–water partition coefficient (Wildman–Crippen LogP) is 4.93. The van der Waals surface area contributed by atoms with Gasteiger partial charge in [-0.2, -0.15) is 25.3 Å². The van der Waals surface area contributed by atoms with Crippen molar-refractivity contribution in [2.75, 3.05) is 25.1 Å². The van der Waals surface area contributed by atoms with Gasteiger partial charge < -0.3 is 15.4 Å². The van der Waals surface area contributed by atoms with Crippen LogP contribution in [0.3, 0.4) is 0 Å². The molecule has 7 heteroatoms. The number of Topliss-reactive ketones (excluding diaryl/α,β-unsaturated/α-hetero) is 2. The molecule has 0 bridgehead atoms. The van der Waals surface area contributed by atoms with Crippen molar-refractivity contribution < 1.29 is 14.4 Å². The van der Waals surface area contributed by atoms with Crippen LogP contribution in [0.2, 0.25) is 0 Å². The minimum Gasteiger partial charge on any atom is -0.310 e. The van der Waals surface area contributed by atoms with Gasteiger partial charge in [-0.1, -0.05) is 72.1 Å². The molecule has 186 valence electrons. The Morgan fingerprint density at radius 3 is 1.71 bits per heavy atom. The lowest BCUT2D eigenvalue weighted by molar-refractivity contribution is -0.122. The van der Waals surface area contributed by atoms with E-state index < -0.39 is 0 Å². The molecule has 0 saturated heterocycles. The van der Waals surface area contributed by atoms with Crippen molar-refractivity contribution in [1.82, 2.24) is 10.6 Å². The summed E-state index contributed by atoms with van der Waals surface area (Å²) in [5.74, 6) is 1.39. The Labute approximate surface area is 203 Å². The van der Waals surface area contributed by atoms with Crippen molar-refractivity contribution in [1.29, 1.82) is 0 Å². The number of hydrogen-bond acceptors (Lipinski definition) is 7. The highest BCUT2D eigenvalue weighted by atomic mass is 32.1. The lowest BCUT2D eigenvalue weighted by Gasteiger charge is -2.18. The zero-order valence-electron chi connectivity index (χ0n) is 20.9. The molecule has 0 radical (unpaired) electrons. The van der Waals surface area contributed by atoms with Gasteiger partial charge in [0.25, 0.3) is 0 Å². The number of thiol groups is 2. The minimum atomic E-state index is -0.233. The third-order valence-corrected chi connectivity index (χ3v) is 5.76. The lowest BCUT2D eigenvalue weighted by Crippen LogP contribution is -2.41. The summed E-state index contributed by atoms with van der Waals surface area (Å²) in [7, 11) is 1.73. The summed E-state index contributed by atoms with van der Waals surface area (Å²) < 4.78 is 0. The second-order valence-electron chi connectivity index (χ2n) is 7.54. The highest BCUT2D eigenvalue weighted by Crippen LogP contribution is 2.14. The first-order valence-electron chi connectivity index (χ1n) is 12.0. The Morgan fingerprint density at radius 2 is 1.39 bits per heavy atom. The maximum Gasteiger partial charge on any atom is 0.147 e. The third-order valence-electron chi connectivity index (χ3n) is 5.00. The van der Waals surface area contributed by atoms with Gasteiger partial charge in [-0.15, -0.1) is 0 Å². The molecular weight excluding hydrogens is 428 g/mol. The topological polar surface area (TPSA) is 75.3 Å². The Balaban J connectivity index is -0.000000733. The summed E-state index contributed by atoms with van der Waals surface area (Å²) in [6, 6.07) is -0.313. The molecule has 0 aromatic carbocycles. The van der Waals surface area contributed by atoms with E-state index >= 15 is 0 Å². The van der Waals surface area contributed by atoms with Crippen LogP contribution in [-0.2, 0) is 14.4 Å². The first kappa shape index (κ1) is 35.2. The molecule has 0 aromatic rings. The fourth-order valence-corrected chi connectivity index (χ4v) is 3.45. The van der Waals surface area contributed by atoms with Gasteiger partial charge in [-0.05, 0) is 27.3 Å². The zero-order chi connectivity index (χ0) is 24.5. The van der Waals surface area contributed by atoms with E-state index in [4.69, 9.17) is 0 Å². The van der Waals surface area contributed by atoms with Crippen molar-refractivity contribution >= 4 is 43.1 Å². The van der Waals surface area contributed by atoms with E-state index in [-0.39, 0.29) is 29.6 Å². The Hall–Kier alpha value is -0.370. The monoisotopic (exact) mass is 478 g/mol. The second-order valence-corrected chi connectivity index (χ2v) is 8.27. The quantitative estimate of drug-likeness (QED) is 0.128. The maximum absolute atomic E-state index is 11.7. The number of nitrogens with one attached hydrogen (secondary N) is 2. The molecule has 0 fully saturated rings. The van der Waals surface area contributed by atoms with Crippen LogP contribution in [0.4, 0.5) is 0 Å². The maximum atomic E-state index is 11.7. The van der Waals surface area contributed by atoms with Crippen molar-refractivity contribution in [3.63, 3.8) is 0 Å². The molecule has 0 aliphatic rings. The van der Waals surface area contributed by atoms with Gasteiger partial charge in [-0.3, -0.25) is 9.59 Å². The fourth-order valence-electron chi connectivity index (χ4n) is 2.80. The molecule has 0 amide bonds. The second kappa shape index (κ2) is 27.7. The van der Waals surface area contributed by atoms with Gasteiger partial charge in [0.15, 0.2) is 0 Å². The summed E-state index contributed by atoms with van der Waals surface area (Å²) in [6.07, 6.45) is 12.0. The van der Waals surface area contributed by atoms with Gasteiger partial charge in [-0.25, -0.2) is 0 Å². The normalized spacial score (nSPS) is 13.0. The van der Waals surface area contributed by atoms with Gasteiger partial charge in [0, 0.05) is 24.0 Å². The molecule has 0 spiro atoms. The van der Waals surface area contributed by atoms with E-state index in [0.29, 0.717) is 18.1 Å². The largest absolute Gasteiger partial charge is 0.310 e. The van der Waals surface area contributed by atoms with E-state index in [0.717, 1.165) is 19.1 Å². The number of ketones is 2. The van der Waals surface area contributed by atoms with Gasteiger partial charge in [0.2, 0.25) is 0 Å². The van der Waals surface area contributed by atoms with Crippen LogP contribution in [0.5, 0.6) is 0 Å². The Morgan fingerprint density at radius 1 is 0.871 bits per heavy atom. The van der Waals surface area contributed by atoms with Crippen LogP contribution >= 0.6 is 25.3 Å². The molecule has 0 heterocycles. The van der Waals surface area contributed by atoms with E-state index in [9.17, 15) is 14.4 Å². The molecule has 2 N–H and O–H groups in total. The van der Waals surface area contributed by atoms with E-state index in [2.05, 4.69) is 42.8 Å². The number of rotatable bonds is 18. The number of carbonyl (C=O) groups is 3. The number of likely N-dealkylation sites (N-methyl/N-ethyl adjacent to an activating group) is 1. The molecular formula is C24H50N2O3S2. The van der Waals surface area contributed by atoms with Crippen LogP contribution in [0, 0.1) is 5.92 Å². The van der Waals surface area contributed by atoms with Crippen molar-refractivity contribution in [3.8, 4) is 0 Å². The Bertz CT molecular complexity index is 420. The third kappa shape index (κ3) is 24.1. The van der Waals surface area contributed by atoms with Crippen molar-refractivity contribution in [2.45, 2.75) is 104 Å². The predicted molar refractivity (Wildman–Crippen MR) is 142 cm³/mol. The fraction of sp³-hybridized carbons (Fsp3) is 0.875. The molecule has 5 nitrogen and oxygen atoms in total. The molecule has 0 aromatic heterocycles. The summed E-state index contributed by atoms with van der Waals surface area (Å²) in [5, 5.41) is 5.94. The van der Waals surface area contributed by atoms with Crippen molar-refractivity contribution in [2.24, 2.45) is 5.92 Å². The molecule has 31 heavy (non-hydrogen) atoms. The zero-order valence-corrected chi connectivity index (χ0v) is 22.7. The van der Waals surface area contributed by atoms with Gasteiger partial charge in [0.1, 0.15) is 17.9 Å². The van der Waals surface area contributed by atoms with E-state index in [1.165, 1.54) is 44.9 Å². The average molecular weight is 479 g/mol. The highest BCUT2D eigenvalue weighted by Gasteiger charge is 2.17. The Kier molecular flexibility index (Phi) is 31.4. The van der Waals surface area contributed by atoms with E-state index in [1.54, 1.807) is 20.9 Å². The number of unbranched alkanes of at least 4 members (excludes halogenated alkanes) is 7. The smallest absolute Gasteiger partial charge is 0.147 e. The first-order chi connectivity index (χ1) is 14.9. The van der Waals surface area contributed by atoms with Crippen LogP contribution in [0.1, 0.15) is 92.4 Å². The van der Waals surface area contributed by atoms with Gasteiger partial charge >= 0.3 is 0 Å². The minimum absolute atomic E-state index is 0.0295.